The average molecular weight is 441 g/mol. The van der Waals surface area contributed by atoms with Gasteiger partial charge in [0.2, 0.25) is 0 Å². The molecule has 4 heteroatoms. The molecule has 0 rings (SSSR count). The number of rotatable bonds is 21. The van der Waals surface area contributed by atoms with Crippen molar-refractivity contribution < 1.29 is 19.4 Å². The van der Waals surface area contributed by atoms with Crippen LogP contribution >= 0.6 is 0 Å². The third-order valence-electron chi connectivity index (χ3n) is 5.84. The molecule has 0 radical (unpaired) electrons. The van der Waals surface area contributed by atoms with Crippen LogP contribution in [0.25, 0.3) is 0 Å². The van der Waals surface area contributed by atoms with Gasteiger partial charge >= 0.3 is 11.9 Å². The second-order valence-electron chi connectivity index (χ2n) is 10.2. The highest BCUT2D eigenvalue weighted by Crippen LogP contribution is 2.18. The van der Waals surface area contributed by atoms with Crippen LogP contribution in [0.5, 0.6) is 0 Å². The molecule has 0 aromatic heterocycles. The highest BCUT2D eigenvalue weighted by atomic mass is 16.6. The van der Waals surface area contributed by atoms with E-state index in [1.807, 2.05) is 0 Å². The van der Waals surface area contributed by atoms with Gasteiger partial charge in [-0.1, -0.05) is 122 Å². The molecule has 1 N–H and O–H groups in total. The predicted octanol–water partition coefficient (Wildman–Crippen LogP) is 8.46. The molecule has 0 heterocycles. The molecule has 0 amide bonds. The number of carboxylic acids is 1. The lowest BCUT2D eigenvalue weighted by Gasteiger charge is -2.22. The molecule has 0 aliphatic heterocycles. The standard InChI is InChI=1S/C27H52O4/c1-5-6-7-8-9-10-11-12-13-14-15-16-17-18-19-20-21-22-23-24(25(28)29)26(30)31-27(2,3)4/h24H,5-23H2,1-4H3,(H,28,29). The summed E-state index contributed by atoms with van der Waals surface area (Å²) < 4.78 is 5.23. The molecule has 0 aliphatic rings. The number of carbonyl (C=O) groups excluding carboxylic acids is 1. The molecule has 0 saturated heterocycles. The maximum Gasteiger partial charge on any atom is 0.320 e. The summed E-state index contributed by atoms with van der Waals surface area (Å²) in [6.45, 7) is 7.57. The van der Waals surface area contributed by atoms with Crippen molar-refractivity contribution in [3.8, 4) is 0 Å². The van der Waals surface area contributed by atoms with Crippen LogP contribution in [0.4, 0.5) is 0 Å². The fourth-order valence-corrected chi connectivity index (χ4v) is 3.97. The number of hydrogen-bond acceptors (Lipinski definition) is 3. The lowest BCUT2D eigenvalue weighted by molar-refractivity contribution is -0.167. The second-order valence-corrected chi connectivity index (χ2v) is 10.2. The van der Waals surface area contributed by atoms with E-state index in [1.165, 1.54) is 96.3 Å². The van der Waals surface area contributed by atoms with Gasteiger partial charge in [-0.25, -0.2) is 0 Å². The fourth-order valence-electron chi connectivity index (χ4n) is 3.97. The largest absolute Gasteiger partial charge is 0.481 e. The molecular weight excluding hydrogens is 388 g/mol. The zero-order valence-corrected chi connectivity index (χ0v) is 21.2. The number of carboxylic acid groups (broad SMARTS) is 1. The van der Waals surface area contributed by atoms with Gasteiger partial charge < -0.3 is 9.84 Å². The minimum Gasteiger partial charge on any atom is -0.481 e. The first-order chi connectivity index (χ1) is 14.8. The van der Waals surface area contributed by atoms with E-state index in [0.29, 0.717) is 6.42 Å². The van der Waals surface area contributed by atoms with Gasteiger partial charge in [0.25, 0.3) is 0 Å². The summed E-state index contributed by atoms with van der Waals surface area (Å²) in [4.78, 5) is 23.3. The van der Waals surface area contributed by atoms with Gasteiger partial charge in [0.1, 0.15) is 5.60 Å². The zero-order chi connectivity index (χ0) is 23.4. The van der Waals surface area contributed by atoms with Crippen LogP contribution in [0, 0.1) is 5.92 Å². The minimum absolute atomic E-state index is 0.378. The lowest BCUT2D eigenvalue weighted by Crippen LogP contribution is -2.32. The molecule has 0 aliphatic carbocycles. The van der Waals surface area contributed by atoms with Crippen LogP contribution in [0.1, 0.15) is 150 Å². The Hall–Kier alpha value is -1.06. The molecule has 0 spiro atoms. The highest BCUT2D eigenvalue weighted by molar-refractivity contribution is 5.94. The SMILES string of the molecule is CCCCCCCCCCCCCCCCCCCCC(C(=O)O)C(=O)OC(C)(C)C. The molecule has 184 valence electrons. The molecule has 0 saturated carbocycles. The Labute approximate surface area is 192 Å². The van der Waals surface area contributed by atoms with Crippen molar-refractivity contribution in [3.05, 3.63) is 0 Å². The molecule has 31 heavy (non-hydrogen) atoms. The summed E-state index contributed by atoms with van der Waals surface area (Å²) in [6, 6.07) is 0. The Bertz CT molecular complexity index is 439. The van der Waals surface area contributed by atoms with E-state index in [-0.39, 0.29) is 0 Å². The van der Waals surface area contributed by atoms with E-state index >= 15 is 0 Å². The normalized spacial score (nSPS) is 12.6. The third-order valence-corrected chi connectivity index (χ3v) is 5.84. The summed E-state index contributed by atoms with van der Waals surface area (Å²) in [6.07, 6.45) is 23.8. The van der Waals surface area contributed by atoms with E-state index in [9.17, 15) is 14.7 Å². The summed E-state index contributed by atoms with van der Waals surface area (Å²) in [7, 11) is 0. The van der Waals surface area contributed by atoms with E-state index < -0.39 is 23.5 Å². The first-order valence-electron chi connectivity index (χ1n) is 13.2. The first-order valence-corrected chi connectivity index (χ1v) is 13.2. The van der Waals surface area contributed by atoms with Crippen molar-refractivity contribution in [1.29, 1.82) is 0 Å². The topological polar surface area (TPSA) is 63.6 Å². The van der Waals surface area contributed by atoms with Crippen LogP contribution in [0.3, 0.4) is 0 Å². The van der Waals surface area contributed by atoms with Crippen LogP contribution in [0.2, 0.25) is 0 Å². The van der Waals surface area contributed by atoms with Gasteiger partial charge in [0.15, 0.2) is 5.92 Å². The number of carbonyl (C=O) groups is 2. The predicted molar refractivity (Wildman–Crippen MR) is 130 cm³/mol. The highest BCUT2D eigenvalue weighted by Gasteiger charge is 2.30. The molecule has 0 fully saturated rings. The van der Waals surface area contributed by atoms with Gasteiger partial charge in [-0.05, 0) is 27.2 Å². The number of unbranched alkanes of at least 4 members (excludes halogenated alkanes) is 17. The summed E-state index contributed by atoms with van der Waals surface area (Å²) in [5.41, 5.74) is -0.640. The number of hydrogen-bond donors (Lipinski definition) is 1. The summed E-state index contributed by atoms with van der Waals surface area (Å²) in [5.74, 6) is -2.70. The van der Waals surface area contributed by atoms with Gasteiger partial charge in [-0.3, -0.25) is 9.59 Å². The molecule has 1 unspecified atom stereocenters. The van der Waals surface area contributed by atoms with E-state index in [4.69, 9.17) is 4.74 Å². The minimum atomic E-state index is -1.07. The quantitative estimate of drug-likeness (QED) is 0.110. The van der Waals surface area contributed by atoms with Gasteiger partial charge in [0.05, 0.1) is 0 Å². The van der Waals surface area contributed by atoms with Gasteiger partial charge in [-0.2, -0.15) is 0 Å². The van der Waals surface area contributed by atoms with E-state index in [1.54, 1.807) is 20.8 Å². The number of esters is 1. The molecule has 0 aromatic rings. The molecule has 0 bridgehead atoms. The third kappa shape index (κ3) is 20.6. The van der Waals surface area contributed by atoms with Gasteiger partial charge in [0, 0.05) is 0 Å². The lowest BCUT2D eigenvalue weighted by atomic mass is 9.99. The van der Waals surface area contributed by atoms with Crippen LogP contribution in [-0.4, -0.2) is 22.6 Å². The Kier molecular flexibility index (Phi) is 18.9. The van der Waals surface area contributed by atoms with Crippen molar-refractivity contribution in [2.24, 2.45) is 5.92 Å². The Balaban J connectivity index is 3.45. The van der Waals surface area contributed by atoms with Crippen LogP contribution < -0.4 is 0 Å². The molecule has 0 aromatic carbocycles. The van der Waals surface area contributed by atoms with Crippen LogP contribution in [0.15, 0.2) is 0 Å². The van der Waals surface area contributed by atoms with E-state index in [0.717, 1.165) is 19.3 Å². The Morgan fingerprint density at radius 3 is 1.26 bits per heavy atom. The van der Waals surface area contributed by atoms with Crippen molar-refractivity contribution in [2.75, 3.05) is 0 Å². The Morgan fingerprint density at radius 2 is 0.968 bits per heavy atom. The fraction of sp³-hybridized carbons (Fsp3) is 0.926. The van der Waals surface area contributed by atoms with Crippen LogP contribution in [-0.2, 0) is 14.3 Å². The zero-order valence-electron chi connectivity index (χ0n) is 21.2. The van der Waals surface area contributed by atoms with Crippen molar-refractivity contribution in [2.45, 2.75) is 155 Å². The molecule has 1 atom stereocenters. The molecular formula is C27H52O4. The van der Waals surface area contributed by atoms with Crippen molar-refractivity contribution in [1.82, 2.24) is 0 Å². The maximum absolute atomic E-state index is 12.0. The Morgan fingerprint density at radius 1 is 0.645 bits per heavy atom. The molecule has 4 nitrogen and oxygen atoms in total. The monoisotopic (exact) mass is 440 g/mol. The van der Waals surface area contributed by atoms with Gasteiger partial charge in [-0.15, -0.1) is 0 Å². The van der Waals surface area contributed by atoms with E-state index in [2.05, 4.69) is 6.92 Å². The van der Waals surface area contributed by atoms with Crippen molar-refractivity contribution in [3.63, 3.8) is 0 Å². The maximum atomic E-state index is 12.0. The summed E-state index contributed by atoms with van der Waals surface area (Å²) >= 11 is 0. The smallest absolute Gasteiger partial charge is 0.320 e. The second kappa shape index (κ2) is 19.6. The number of ether oxygens (including phenoxy) is 1. The average Bonchev–Trinajstić information content (AvgIpc) is 2.68. The van der Waals surface area contributed by atoms with Crippen molar-refractivity contribution >= 4 is 11.9 Å². The first kappa shape index (κ1) is 29.9. The number of aliphatic carboxylic acids is 1. The summed E-state index contributed by atoms with van der Waals surface area (Å²) in [5, 5.41) is 9.28.